The molecule has 1 aliphatic heterocycles. The highest BCUT2D eigenvalue weighted by Crippen LogP contribution is 2.37. The van der Waals surface area contributed by atoms with Crippen molar-refractivity contribution in [3.8, 4) is 11.5 Å². The Labute approximate surface area is 127 Å². The highest BCUT2D eigenvalue weighted by atomic mass is 35.5. The summed E-state index contributed by atoms with van der Waals surface area (Å²) in [7, 11) is 1.93. The van der Waals surface area contributed by atoms with E-state index in [0.29, 0.717) is 13.2 Å². The molecule has 1 atom stereocenters. The van der Waals surface area contributed by atoms with Crippen molar-refractivity contribution in [1.29, 1.82) is 0 Å². The van der Waals surface area contributed by atoms with Crippen molar-refractivity contribution in [1.82, 2.24) is 5.32 Å². The predicted molar refractivity (Wildman–Crippen MR) is 82.3 cm³/mol. The molecule has 0 aliphatic carbocycles. The monoisotopic (exact) mass is 309 g/mol. The van der Waals surface area contributed by atoms with Gasteiger partial charge in [0.1, 0.15) is 0 Å². The van der Waals surface area contributed by atoms with E-state index in [9.17, 15) is 0 Å². The fraction of sp³-hybridized carbons (Fsp3) is 0.333. The summed E-state index contributed by atoms with van der Waals surface area (Å²) in [5, 5.41) is 6.11. The molecule has 2 aromatic rings. The standard InChI is InChI=1S/C15H16ClNO2S/c1-17-14(15-11(16)5-8-20-15)10-3-4-12-13(9-10)19-7-2-6-18-12/h3-5,8-9,14,17H,2,6-7H2,1H3. The summed E-state index contributed by atoms with van der Waals surface area (Å²) in [6, 6.07) is 8.07. The van der Waals surface area contributed by atoms with Gasteiger partial charge in [-0.2, -0.15) is 0 Å². The first-order valence-electron chi connectivity index (χ1n) is 6.59. The molecule has 0 saturated carbocycles. The lowest BCUT2D eigenvalue weighted by atomic mass is 10.0. The summed E-state index contributed by atoms with van der Waals surface area (Å²) in [5.41, 5.74) is 1.13. The molecule has 106 valence electrons. The Kier molecular flexibility index (Phi) is 4.15. The quantitative estimate of drug-likeness (QED) is 0.933. The number of halogens is 1. The first-order chi connectivity index (χ1) is 9.79. The number of rotatable bonds is 3. The van der Waals surface area contributed by atoms with E-state index in [1.54, 1.807) is 11.3 Å². The van der Waals surface area contributed by atoms with Gasteiger partial charge in [-0.25, -0.2) is 0 Å². The van der Waals surface area contributed by atoms with Crippen molar-refractivity contribution in [3.63, 3.8) is 0 Å². The number of benzene rings is 1. The molecule has 0 fully saturated rings. The third-order valence-electron chi connectivity index (χ3n) is 3.30. The lowest BCUT2D eigenvalue weighted by Gasteiger charge is -2.17. The number of ether oxygens (including phenoxy) is 2. The van der Waals surface area contributed by atoms with E-state index in [0.717, 1.165) is 33.4 Å². The molecule has 0 radical (unpaired) electrons. The van der Waals surface area contributed by atoms with Crippen LogP contribution >= 0.6 is 22.9 Å². The second-order valence-corrected chi connectivity index (χ2v) is 5.97. The van der Waals surface area contributed by atoms with Crippen LogP contribution in [0.25, 0.3) is 0 Å². The van der Waals surface area contributed by atoms with E-state index in [-0.39, 0.29) is 6.04 Å². The van der Waals surface area contributed by atoms with Crippen LogP contribution in [-0.2, 0) is 0 Å². The number of hydrogen-bond acceptors (Lipinski definition) is 4. The van der Waals surface area contributed by atoms with Crippen LogP contribution in [0.3, 0.4) is 0 Å². The topological polar surface area (TPSA) is 30.5 Å². The SMILES string of the molecule is CNC(c1ccc2c(c1)OCCCO2)c1sccc1Cl. The van der Waals surface area contributed by atoms with Gasteiger partial charge >= 0.3 is 0 Å². The smallest absolute Gasteiger partial charge is 0.161 e. The van der Waals surface area contributed by atoms with Gasteiger partial charge in [-0.1, -0.05) is 17.7 Å². The van der Waals surface area contributed by atoms with Gasteiger partial charge in [-0.05, 0) is 36.2 Å². The van der Waals surface area contributed by atoms with Crippen LogP contribution < -0.4 is 14.8 Å². The zero-order valence-electron chi connectivity index (χ0n) is 11.2. The number of nitrogens with one attached hydrogen (secondary N) is 1. The molecule has 0 amide bonds. The van der Waals surface area contributed by atoms with Gasteiger partial charge in [0.05, 0.1) is 24.3 Å². The Morgan fingerprint density at radius 1 is 1.20 bits per heavy atom. The fourth-order valence-electron chi connectivity index (χ4n) is 2.32. The number of hydrogen-bond donors (Lipinski definition) is 1. The maximum atomic E-state index is 6.25. The van der Waals surface area contributed by atoms with Gasteiger partial charge in [0, 0.05) is 11.3 Å². The third kappa shape index (κ3) is 2.64. The maximum absolute atomic E-state index is 6.25. The van der Waals surface area contributed by atoms with Crippen molar-refractivity contribution in [2.24, 2.45) is 0 Å². The molecule has 0 bridgehead atoms. The molecule has 20 heavy (non-hydrogen) atoms. The minimum Gasteiger partial charge on any atom is -0.490 e. The molecule has 3 nitrogen and oxygen atoms in total. The Balaban J connectivity index is 1.96. The Morgan fingerprint density at radius 3 is 2.70 bits per heavy atom. The van der Waals surface area contributed by atoms with E-state index >= 15 is 0 Å². The molecule has 1 aliphatic rings. The van der Waals surface area contributed by atoms with E-state index < -0.39 is 0 Å². The van der Waals surface area contributed by atoms with Gasteiger partial charge in [0.15, 0.2) is 11.5 Å². The molecule has 1 unspecified atom stereocenters. The maximum Gasteiger partial charge on any atom is 0.161 e. The summed E-state index contributed by atoms with van der Waals surface area (Å²) >= 11 is 7.90. The Hall–Kier alpha value is -1.23. The second kappa shape index (κ2) is 6.04. The normalized spacial score (nSPS) is 15.7. The average Bonchev–Trinajstić information content (AvgIpc) is 2.75. The summed E-state index contributed by atoms with van der Waals surface area (Å²) in [6.45, 7) is 1.40. The first kappa shape index (κ1) is 13.7. The summed E-state index contributed by atoms with van der Waals surface area (Å²) in [4.78, 5) is 1.11. The molecule has 1 aromatic carbocycles. The minimum atomic E-state index is 0.0691. The second-order valence-electron chi connectivity index (χ2n) is 4.61. The molecule has 1 N–H and O–H groups in total. The molecule has 0 spiro atoms. The van der Waals surface area contributed by atoms with Gasteiger partial charge in [-0.15, -0.1) is 11.3 Å². The molecular weight excluding hydrogens is 294 g/mol. The van der Waals surface area contributed by atoms with Crippen LogP contribution in [0.4, 0.5) is 0 Å². The van der Waals surface area contributed by atoms with E-state index in [1.807, 2.05) is 30.6 Å². The van der Waals surface area contributed by atoms with Crippen molar-refractivity contribution >= 4 is 22.9 Å². The number of fused-ring (bicyclic) bond motifs is 1. The van der Waals surface area contributed by atoms with Crippen molar-refractivity contribution in [2.45, 2.75) is 12.5 Å². The van der Waals surface area contributed by atoms with Gasteiger partial charge in [0.25, 0.3) is 0 Å². The zero-order chi connectivity index (χ0) is 13.9. The molecule has 5 heteroatoms. The summed E-state index contributed by atoms with van der Waals surface area (Å²) < 4.78 is 11.4. The van der Waals surface area contributed by atoms with Crippen LogP contribution in [0.2, 0.25) is 5.02 Å². The van der Waals surface area contributed by atoms with Crippen LogP contribution in [0.15, 0.2) is 29.6 Å². The third-order valence-corrected chi connectivity index (χ3v) is 4.72. The Morgan fingerprint density at radius 2 is 2.00 bits per heavy atom. The van der Waals surface area contributed by atoms with Gasteiger partial charge in [0.2, 0.25) is 0 Å². The highest BCUT2D eigenvalue weighted by Gasteiger charge is 2.19. The first-order valence-corrected chi connectivity index (χ1v) is 7.85. The van der Waals surface area contributed by atoms with Crippen molar-refractivity contribution < 1.29 is 9.47 Å². The summed E-state index contributed by atoms with van der Waals surface area (Å²) in [5.74, 6) is 1.63. The number of thiophene rings is 1. The van der Waals surface area contributed by atoms with Crippen molar-refractivity contribution in [2.75, 3.05) is 20.3 Å². The lowest BCUT2D eigenvalue weighted by molar-refractivity contribution is 0.297. The molecule has 2 heterocycles. The minimum absolute atomic E-state index is 0.0691. The van der Waals surface area contributed by atoms with Crippen LogP contribution in [0, 0.1) is 0 Å². The average molecular weight is 310 g/mol. The molecule has 0 saturated heterocycles. The predicted octanol–water partition coefficient (Wildman–Crippen LogP) is 3.87. The van der Waals surface area contributed by atoms with E-state index in [1.165, 1.54) is 0 Å². The van der Waals surface area contributed by atoms with E-state index in [4.69, 9.17) is 21.1 Å². The zero-order valence-corrected chi connectivity index (χ0v) is 12.8. The van der Waals surface area contributed by atoms with Gasteiger partial charge in [-0.3, -0.25) is 0 Å². The van der Waals surface area contributed by atoms with E-state index in [2.05, 4.69) is 11.4 Å². The molecular formula is C15H16ClNO2S. The largest absolute Gasteiger partial charge is 0.490 e. The van der Waals surface area contributed by atoms with Crippen LogP contribution in [0.1, 0.15) is 22.9 Å². The molecule has 1 aromatic heterocycles. The fourth-order valence-corrected chi connectivity index (χ4v) is 3.62. The highest BCUT2D eigenvalue weighted by molar-refractivity contribution is 7.10. The van der Waals surface area contributed by atoms with Crippen LogP contribution in [-0.4, -0.2) is 20.3 Å². The van der Waals surface area contributed by atoms with Crippen LogP contribution in [0.5, 0.6) is 11.5 Å². The lowest BCUT2D eigenvalue weighted by Crippen LogP contribution is -2.16. The summed E-state index contributed by atoms with van der Waals surface area (Å²) in [6.07, 6.45) is 0.913. The molecule has 3 rings (SSSR count). The van der Waals surface area contributed by atoms with Crippen molar-refractivity contribution in [3.05, 3.63) is 45.1 Å². The Bertz CT molecular complexity index is 599. The van der Waals surface area contributed by atoms with Gasteiger partial charge < -0.3 is 14.8 Å².